The predicted molar refractivity (Wildman–Crippen MR) is 57.3 cm³/mol. The maximum absolute atomic E-state index is 9.11. The molecule has 3 nitrogen and oxygen atoms in total. The minimum Gasteiger partial charge on any atom is -0.396 e. The van der Waals surface area contributed by atoms with Gasteiger partial charge in [0.1, 0.15) is 0 Å². The van der Waals surface area contributed by atoms with Gasteiger partial charge < -0.3 is 15.2 Å². The van der Waals surface area contributed by atoms with Crippen molar-refractivity contribution in [1.29, 1.82) is 0 Å². The van der Waals surface area contributed by atoms with Crippen LogP contribution in [0, 0.1) is 11.3 Å². The van der Waals surface area contributed by atoms with E-state index in [4.69, 9.17) is 9.84 Å². The van der Waals surface area contributed by atoms with Gasteiger partial charge in [0.15, 0.2) is 0 Å². The lowest BCUT2D eigenvalue weighted by Gasteiger charge is -2.27. The summed E-state index contributed by atoms with van der Waals surface area (Å²) >= 11 is 0. The number of ether oxygens (including phenoxy) is 1. The first kappa shape index (κ1) is 12.0. The normalized spacial score (nSPS) is 25.3. The van der Waals surface area contributed by atoms with Crippen molar-refractivity contribution in [3.05, 3.63) is 0 Å². The largest absolute Gasteiger partial charge is 0.396 e. The summed E-state index contributed by atoms with van der Waals surface area (Å²) in [6.07, 6.45) is 1.16. The number of nitrogens with one attached hydrogen (secondary N) is 1. The summed E-state index contributed by atoms with van der Waals surface area (Å²) in [4.78, 5) is 0. The van der Waals surface area contributed by atoms with Gasteiger partial charge >= 0.3 is 0 Å². The van der Waals surface area contributed by atoms with E-state index in [9.17, 15) is 0 Å². The molecule has 2 unspecified atom stereocenters. The van der Waals surface area contributed by atoms with E-state index in [1.807, 2.05) is 0 Å². The lowest BCUT2D eigenvalue weighted by Crippen LogP contribution is -2.41. The Morgan fingerprint density at radius 3 is 2.79 bits per heavy atom. The van der Waals surface area contributed by atoms with Gasteiger partial charge in [0.25, 0.3) is 0 Å². The van der Waals surface area contributed by atoms with Crippen LogP contribution in [-0.4, -0.2) is 37.5 Å². The highest BCUT2D eigenvalue weighted by Crippen LogP contribution is 2.18. The van der Waals surface area contributed by atoms with Crippen LogP contribution in [0.3, 0.4) is 0 Å². The van der Waals surface area contributed by atoms with E-state index in [0.29, 0.717) is 12.0 Å². The average Bonchev–Trinajstić information content (AvgIpc) is 2.67. The zero-order chi connectivity index (χ0) is 10.6. The van der Waals surface area contributed by atoms with Gasteiger partial charge in [0.05, 0.1) is 6.61 Å². The number of hydrogen-bond acceptors (Lipinski definition) is 3. The van der Waals surface area contributed by atoms with Crippen molar-refractivity contribution in [3.8, 4) is 0 Å². The van der Waals surface area contributed by atoms with Crippen molar-refractivity contribution in [2.24, 2.45) is 11.3 Å². The summed E-state index contributed by atoms with van der Waals surface area (Å²) in [6, 6.07) is 0.489. The summed E-state index contributed by atoms with van der Waals surface area (Å²) in [5.41, 5.74) is -0.0201. The standard InChI is InChI=1S/C11H23NO2/c1-9(10-4-5-14-6-10)12-7-11(2,3)8-13/h9-10,12-13H,4-8H2,1-3H3. The van der Waals surface area contributed by atoms with E-state index in [1.54, 1.807) is 0 Å². The molecule has 1 aliphatic rings. The highest BCUT2D eigenvalue weighted by molar-refractivity contribution is 4.79. The fourth-order valence-electron chi connectivity index (χ4n) is 1.61. The van der Waals surface area contributed by atoms with Crippen LogP contribution in [0.4, 0.5) is 0 Å². The molecule has 0 amide bonds. The third-order valence-electron chi connectivity index (χ3n) is 3.00. The van der Waals surface area contributed by atoms with Crippen LogP contribution < -0.4 is 5.32 Å². The topological polar surface area (TPSA) is 41.5 Å². The van der Waals surface area contributed by atoms with Crippen LogP contribution in [0.5, 0.6) is 0 Å². The van der Waals surface area contributed by atoms with Crippen LogP contribution in [-0.2, 0) is 4.74 Å². The van der Waals surface area contributed by atoms with Crippen LogP contribution >= 0.6 is 0 Å². The Labute approximate surface area is 86.8 Å². The second-order valence-electron chi connectivity index (χ2n) is 5.12. The molecule has 84 valence electrons. The molecular formula is C11H23NO2. The van der Waals surface area contributed by atoms with Crippen LogP contribution in [0.1, 0.15) is 27.2 Å². The van der Waals surface area contributed by atoms with Gasteiger partial charge in [-0.05, 0) is 19.3 Å². The van der Waals surface area contributed by atoms with Crippen molar-refractivity contribution in [1.82, 2.24) is 5.32 Å². The first-order valence-electron chi connectivity index (χ1n) is 5.47. The summed E-state index contributed by atoms with van der Waals surface area (Å²) in [7, 11) is 0. The molecule has 0 aromatic rings. The molecule has 0 radical (unpaired) electrons. The van der Waals surface area contributed by atoms with Gasteiger partial charge in [0.2, 0.25) is 0 Å². The first-order valence-corrected chi connectivity index (χ1v) is 5.47. The molecule has 2 N–H and O–H groups in total. The van der Waals surface area contributed by atoms with Crippen molar-refractivity contribution < 1.29 is 9.84 Å². The minimum atomic E-state index is -0.0201. The van der Waals surface area contributed by atoms with Crippen molar-refractivity contribution in [2.45, 2.75) is 33.2 Å². The highest BCUT2D eigenvalue weighted by atomic mass is 16.5. The Bertz CT molecular complexity index is 165. The number of rotatable bonds is 5. The van der Waals surface area contributed by atoms with Gasteiger partial charge in [0, 0.05) is 31.2 Å². The molecule has 0 aromatic heterocycles. The van der Waals surface area contributed by atoms with Gasteiger partial charge in [-0.2, -0.15) is 0 Å². The average molecular weight is 201 g/mol. The number of hydrogen-bond donors (Lipinski definition) is 2. The summed E-state index contributed by atoms with van der Waals surface area (Å²) in [6.45, 7) is 9.21. The quantitative estimate of drug-likeness (QED) is 0.698. The van der Waals surface area contributed by atoms with E-state index >= 15 is 0 Å². The van der Waals surface area contributed by atoms with Crippen molar-refractivity contribution in [3.63, 3.8) is 0 Å². The molecule has 3 heteroatoms. The zero-order valence-corrected chi connectivity index (χ0v) is 9.55. The molecule has 1 fully saturated rings. The SMILES string of the molecule is CC(NCC(C)(C)CO)C1CCOC1. The van der Waals surface area contributed by atoms with Gasteiger partial charge in [-0.25, -0.2) is 0 Å². The Kier molecular flexibility index (Phi) is 4.35. The number of aliphatic hydroxyl groups is 1. The first-order chi connectivity index (χ1) is 6.55. The lowest BCUT2D eigenvalue weighted by atomic mass is 9.93. The van der Waals surface area contributed by atoms with Crippen molar-refractivity contribution in [2.75, 3.05) is 26.4 Å². The highest BCUT2D eigenvalue weighted by Gasteiger charge is 2.24. The Morgan fingerprint density at radius 1 is 1.57 bits per heavy atom. The zero-order valence-electron chi connectivity index (χ0n) is 9.55. The van der Waals surface area contributed by atoms with E-state index in [1.165, 1.54) is 0 Å². The van der Waals surface area contributed by atoms with Gasteiger partial charge in [-0.15, -0.1) is 0 Å². The van der Waals surface area contributed by atoms with E-state index in [0.717, 1.165) is 26.2 Å². The fourth-order valence-corrected chi connectivity index (χ4v) is 1.61. The monoisotopic (exact) mass is 201 g/mol. The lowest BCUT2D eigenvalue weighted by molar-refractivity contribution is 0.145. The van der Waals surface area contributed by atoms with Crippen molar-refractivity contribution >= 4 is 0 Å². The van der Waals surface area contributed by atoms with Gasteiger partial charge in [-0.1, -0.05) is 13.8 Å². The molecule has 1 aliphatic heterocycles. The Hall–Kier alpha value is -0.120. The molecule has 0 bridgehead atoms. The maximum atomic E-state index is 9.11. The summed E-state index contributed by atoms with van der Waals surface area (Å²) < 4.78 is 5.35. The van der Waals surface area contributed by atoms with E-state index in [-0.39, 0.29) is 12.0 Å². The molecule has 0 saturated carbocycles. The molecule has 1 saturated heterocycles. The molecule has 14 heavy (non-hydrogen) atoms. The minimum absolute atomic E-state index is 0.0201. The molecule has 0 aromatic carbocycles. The molecule has 2 atom stereocenters. The second kappa shape index (κ2) is 5.10. The third-order valence-corrected chi connectivity index (χ3v) is 3.00. The number of aliphatic hydroxyl groups excluding tert-OH is 1. The molecule has 1 rings (SSSR count). The van der Waals surface area contributed by atoms with Crippen LogP contribution in [0.25, 0.3) is 0 Å². The van der Waals surface area contributed by atoms with E-state index in [2.05, 4.69) is 26.1 Å². The van der Waals surface area contributed by atoms with E-state index < -0.39 is 0 Å². The fraction of sp³-hybridized carbons (Fsp3) is 1.00. The Balaban J connectivity index is 2.23. The second-order valence-corrected chi connectivity index (χ2v) is 5.12. The summed E-state index contributed by atoms with van der Waals surface area (Å²) in [5.74, 6) is 0.643. The van der Waals surface area contributed by atoms with Crippen LogP contribution in [0.2, 0.25) is 0 Å². The molecule has 0 spiro atoms. The van der Waals surface area contributed by atoms with Gasteiger partial charge in [-0.3, -0.25) is 0 Å². The Morgan fingerprint density at radius 2 is 2.29 bits per heavy atom. The maximum Gasteiger partial charge on any atom is 0.0509 e. The molecular weight excluding hydrogens is 178 g/mol. The molecule has 1 heterocycles. The smallest absolute Gasteiger partial charge is 0.0509 e. The third kappa shape index (κ3) is 3.56. The molecule has 0 aliphatic carbocycles. The summed E-state index contributed by atoms with van der Waals surface area (Å²) in [5, 5.41) is 12.6. The predicted octanol–water partition coefficient (Wildman–Crippen LogP) is 1.02. The van der Waals surface area contributed by atoms with Crippen LogP contribution in [0.15, 0.2) is 0 Å².